The third-order valence-electron chi connectivity index (χ3n) is 3.22. The first-order chi connectivity index (χ1) is 10.6. The van der Waals surface area contributed by atoms with Crippen molar-refractivity contribution in [1.82, 2.24) is 0 Å². The number of benzene rings is 3. The van der Waals surface area contributed by atoms with Gasteiger partial charge >= 0.3 is 6.03 Å². The molecule has 0 radical (unpaired) electrons. The van der Waals surface area contributed by atoms with Gasteiger partial charge in [-0.2, -0.15) is 0 Å². The predicted molar refractivity (Wildman–Crippen MR) is 95.7 cm³/mol. The van der Waals surface area contributed by atoms with Gasteiger partial charge in [0.25, 0.3) is 0 Å². The second-order valence-electron chi connectivity index (χ2n) is 4.73. The van der Waals surface area contributed by atoms with Crippen LogP contribution in [0.1, 0.15) is 0 Å². The highest BCUT2D eigenvalue weighted by Gasteiger charge is 2.09. The molecular formula is C17H12FIN2O. The van der Waals surface area contributed by atoms with Crippen LogP contribution in [0.25, 0.3) is 10.8 Å². The SMILES string of the molecule is O=C(Nc1ccc(I)cc1F)Nc1cccc2ccccc12. The average Bonchev–Trinajstić information content (AvgIpc) is 2.50. The number of fused-ring (bicyclic) bond motifs is 1. The topological polar surface area (TPSA) is 41.1 Å². The third-order valence-corrected chi connectivity index (χ3v) is 3.89. The maximum absolute atomic E-state index is 13.8. The first-order valence-electron chi connectivity index (χ1n) is 6.64. The predicted octanol–water partition coefficient (Wildman–Crippen LogP) is 5.23. The Morgan fingerprint density at radius 2 is 1.64 bits per heavy atom. The fourth-order valence-electron chi connectivity index (χ4n) is 2.20. The van der Waals surface area contributed by atoms with Crippen LogP contribution >= 0.6 is 22.6 Å². The first kappa shape index (κ1) is 14.8. The van der Waals surface area contributed by atoms with Crippen molar-refractivity contribution in [2.75, 3.05) is 10.6 Å². The van der Waals surface area contributed by atoms with Crippen LogP contribution in [0.15, 0.2) is 60.7 Å². The lowest BCUT2D eigenvalue weighted by molar-refractivity contribution is 0.262. The maximum Gasteiger partial charge on any atom is 0.323 e. The Labute approximate surface area is 140 Å². The van der Waals surface area contributed by atoms with Crippen molar-refractivity contribution >= 4 is 50.8 Å². The van der Waals surface area contributed by atoms with Crippen molar-refractivity contribution in [3.63, 3.8) is 0 Å². The van der Waals surface area contributed by atoms with Gasteiger partial charge in [-0.15, -0.1) is 0 Å². The number of amides is 2. The molecule has 0 fully saturated rings. The fraction of sp³-hybridized carbons (Fsp3) is 0. The monoisotopic (exact) mass is 406 g/mol. The summed E-state index contributed by atoms with van der Waals surface area (Å²) in [4.78, 5) is 12.1. The molecule has 0 aliphatic rings. The lowest BCUT2D eigenvalue weighted by Gasteiger charge is -2.10. The Bertz CT molecular complexity index is 846. The average molecular weight is 406 g/mol. The van der Waals surface area contributed by atoms with E-state index in [1.807, 2.05) is 65.1 Å². The summed E-state index contributed by atoms with van der Waals surface area (Å²) in [5, 5.41) is 7.24. The molecule has 22 heavy (non-hydrogen) atoms. The van der Waals surface area contributed by atoms with Crippen LogP contribution in [-0.4, -0.2) is 6.03 Å². The molecule has 110 valence electrons. The number of rotatable bonds is 2. The molecular weight excluding hydrogens is 394 g/mol. The molecule has 0 unspecified atom stereocenters. The van der Waals surface area contributed by atoms with Crippen molar-refractivity contribution in [2.45, 2.75) is 0 Å². The summed E-state index contributed by atoms with van der Waals surface area (Å²) in [6.45, 7) is 0. The molecule has 0 saturated heterocycles. The van der Waals surface area contributed by atoms with E-state index in [0.717, 1.165) is 14.3 Å². The van der Waals surface area contributed by atoms with Crippen LogP contribution in [0.4, 0.5) is 20.6 Å². The van der Waals surface area contributed by atoms with Gasteiger partial charge in [0.15, 0.2) is 0 Å². The number of halogens is 2. The second-order valence-corrected chi connectivity index (χ2v) is 5.98. The lowest BCUT2D eigenvalue weighted by Crippen LogP contribution is -2.20. The Morgan fingerprint density at radius 1 is 0.909 bits per heavy atom. The van der Waals surface area contributed by atoms with Crippen LogP contribution in [0.5, 0.6) is 0 Å². The summed E-state index contributed by atoms with van der Waals surface area (Å²) in [5.74, 6) is -0.458. The highest BCUT2D eigenvalue weighted by Crippen LogP contribution is 2.23. The molecule has 3 aromatic rings. The van der Waals surface area contributed by atoms with Crippen LogP contribution in [0, 0.1) is 9.39 Å². The Balaban J connectivity index is 1.81. The lowest BCUT2D eigenvalue weighted by atomic mass is 10.1. The number of urea groups is 1. The van der Waals surface area contributed by atoms with E-state index in [1.54, 1.807) is 12.1 Å². The van der Waals surface area contributed by atoms with Gasteiger partial charge in [-0.05, 0) is 52.2 Å². The molecule has 0 atom stereocenters. The van der Waals surface area contributed by atoms with Crippen molar-refractivity contribution in [3.05, 3.63) is 70.1 Å². The molecule has 5 heteroatoms. The number of anilines is 2. The molecule has 3 aromatic carbocycles. The van der Waals surface area contributed by atoms with E-state index in [4.69, 9.17) is 0 Å². The molecule has 0 spiro atoms. The first-order valence-corrected chi connectivity index (χ1v) is 7.72. The third kappa shape index (κ3) is 3.19. The molecule has 0 heterocycles. The quantitative estimate of drug-likeness (QED) is 0.563. The molecule has 3 rings (SSSR count). The minimum Gasteiger partial charge on any atom is -0.307 e. The fourth-order valence-corrected chi connectivity index (χ4v) is 2.65. The molecule has 0 saturated carbocycles. The number of carbonyl (C=O) groups excluding carboxylic acids is 1. The van der Waals surface area contributed by atoms with Crippen molar-refractivity contribution in [1.29, 1.82) is 0 Å². The number of carbonyl (C=O) groups is 1. The summed E-state index contributed by atoms with van der Waals surface area (Å²) in [6, 6.07) is 17.6. The van der Waals surface area contributed by atoms with Gasteiger partial charge in [-0.3, -0.25) is 0 Å². The largest absolute Gasteiger partial charge is 0.323 e. The van der Waals surface area contributed by atoms with E-state index < -0.39 is 11.8 Å². The van der Waals surface area contributed by atoms with Gasteiger partial charge in [-0.1, -0.05) is 36.4 Å². The van der Waals surface area contributed by atoms with Gasteiger partial charge < -0.3 is 10.6 Å². The van der Waals surface area contributed by atoms with Crippen molar-refractivity contribution in [2.24, 2.45) is 0 Å². The highest BCUT2D eigenvalue weighted by molar-refractivity contribution is 14.1. The van der Waals surface area contributed by atoms with E-state index in [1.165, 1.54) is 6.07 Å². The zero-order valence-electron chi connectivity index (χ0n) is 11.4. The van der Waals surface area contributed by atoms with E-state index in [-0.39, 0.29) is 5.69 Å². The molecule has 2 amide bonds. The summed E-state index contributed by atoms with van der Waals surface area (Å²) in [7, 11) is 0. The van der Waals surface area contributed by atoms with Crippen molar-refractivity contribution in [3.8, 4) is 0 Å². The summed E-state index contributed by atoms with van der Waals surface area (Å²) < 4.78 is 14.5. The molecule has 0 aromatic heterocycles. The van der Waals surface area contributed by atoms with E-state index >= 15 is 0 Å². The minimum atomic E-state index is -0.475. The Morgan fingerprint density at radius 3 is 2.45 bits per heavy atom. The second kappa shape index (κ2) is 6.31. The van der Waals surface area contributed by atoms with Crippen LogP contribution in [-0.2, 0) is 0 Å². The zero-order chi connectivity index (χ0) is 15.5. The Hall–Kier alpha value is -2.15. The summed E-state index contributed by atoms with van der Waals surface area (Å²) in [5.41, 5.74) is 0.833. The number of nitrogens with one attached hydrogen (secondary N) is 2. The number of hydrogen-bond donors (Lipinski definition) is 2. The standard InChI is InChI=1S/C17H12FIN2O/c18-14-10-12(19)8-9-16(14)21-17(22)20-15-7-3-5-11-4-1-2-6-13(11)15/h1-10H,(H2,20,21,22). The normalized spacial score (nSPS) is 10.5. The molecule has 0 bridgehead atoms. The summed E-state index contributed by atoms with van der Waals surface area (Å²) in [6.07, 6.45) is 0. The van der Waals surface area contributed by atoms with Gasteiger partial charge in [-0.25, -0.2) is 9.18 Å². The number of hydrogen-bond acceptors (Lipinski definition) is 1. The molecule has 0 aliphatic heterocycles. The minimum absolute atomic E-state index is 0.151. The Kier molecular flexibility index (Phi) is 4.24. The maximum atomic E-state index is 13.8. The molecule has 2 N–H and O–H groups in total. The molecule has 3 nitrogen and oxygen atoms in total. The van der Waals surface area contributed by atoms with E-state index in [9.17, 15) is 9.18 Å². The van der Waals surface area contributed by atoms with Gasteiger partial charge in [0.1, 0.15) is 5.82 Å². The van der Waals surface area contributed by atoms with Crippen LogP contribution < -0.4 is 10.6 Å². The van der Waals surface area contributed by atoms with Crippen molar-refractivity contribution < 1.29 is 9.18 Å². The van der Waals surface area contributed by atoms with Gasteiger partial charge in [0, 0.05) is 8.96 Å². The summed E-state index contributed by atoms with van der Waals surface area (Å²) >= 11 is 2.02. The molecule has 0 aliphatic carbocycles. The van der Waals surface area contributed by atoms with E-state index in [2.05, 4.69) is 10.6 Å². The van der Waals surface area contributed by atoms with Gasteiger partial charge in [0.2, 0.25) is 0 Å². The zero-order valence-corrected chi connectivity index (χ0v) is 13.6. The van der Waals surface area contributed by atoms with Crippen LogP contribution in [0.2, 0.25) is 0 Å². The highest BCUT2D eigenvalue weighted by atomic mass is 127. The van der Waals surface area contributed by atoms with Crippen LogP contribution in [0.3, 0.4) is 0 Å². The smallest absolute Gasteiger partial charge is 0.307 e. The van der Waals surface area contributed by atoms with Gasteiger partial charge in [0.05, 0.1) is 11.4 Å². The van der Waals surface area contributed by atoms with E-state index in [0.29, 0.717) is 5.69 Å².